The second-order valence-electron chi connectivity index (χ2n) is 8.11. The molecule has 4 aromatic rings. The second kappa shape index (κ2) is 11.2. The molecule has 9 heteroatoms. The molecule has 0 radical (unpaired) electrons. The van der Waals surface area contributed by atoms with Gasteiger partial charge in [-0.15, -0.1) is 0 Å². The van der Waals surface area contributed by atoms with Crippen molar-refractivity contribution >= 4 is 28.3 Å². The molecule has 1 amide bonds. The van der Waals surface area contributed by atoms with E-state index in [2.05, 4.69) is 5.32 Å². The molecule has 1 heterocycles. The summed E-state index contributed by atoms with van der Waals surface area (Å²) in [5.74, 6) is -0.231. The molecule has 36 heavy (non-hydrogen) atoms. The van der Waals surface area contributed by atoms with Crippen LogP contribution in [0.15, 0.2) is 88.1 Å². The molecule has 4 rings (SSSR count). The van der Waals surface area contributed by atoms with Crippen molar-refractivity contribution in [1.82, 2.24) is 4.90 Å². The van der Waals surface area contributed by atoms with Crippen LogP contribution in [-0.2, 0) is 6.54 Å². The van der Waals surface area contributed by atoms with Gasteiger partial charge in [0.2, 0.25) is 0 Å². The number of methoxy groups -OCH3 is 1. The molecule has 0 saturated heterocycles. The van der Waals surface area contributed by atoms with Gasteiger partial charge in [0.05, 0.1) is 17.7 Å². The maximum Gasteiger partial charge on any atom is 0.338 e. The smallest absolute Gasteiger partial charge is 0.338 e. The van der Waals surface area contributed by atoms with Crippen LogP contribution in [0, 0.1) is 10.1 Å². The molecular weight excluding hydrogens is 462 g/mol. The number of carbonyl (C=O) groups is 1. The molecule has 0 fully saturated rings. The van der Waals surface area contributed by atoms with E-state index >= 15 is 0 Å². The number of nitrogens with one attached hydrogen (secondary N) is 1. The van der Waals surface area contributed by atoms with E-state index in [0.717, 1.165) is 10.9 Å². The highest BCUT2D eigenvalue weighted by molar-refractivity contribution is 5.95. The monoisotopic (exact) mass is 487 g/mol. The molecule has 0 atom stereocenters. The number of ether oxygens (including phenoxy) is 1. The predicted octanol–water partition coefficient (Wildman–Crippen LogP) is 4.85. The number of rotatable bonds is 10. The van der Waals surface area contributed by atoms with Gasteiger partial charge in [-0.3, -0.25) is 14.9 Å². The zero-order chi connectivity index (χ0) is 25.5. The fraction of sp³-hybridized carbons (Fsp3) is 0.185. The summed E-state index contributed by atoms with van der Waals surface area (Å²) < 4.78 is 10.3. The molecule has 3 aromatic carbocycles. The highest BCUT2D eigenvalue weighted by Crippen LogP contribution is 2.28. The number of para-hydroxylation sites is 1. The number of benzene rings is 3. The van der Waals surface area contributed by atoms with Gasteiger partial charge >= 0.3 is 11.3 Å². The standard InChI is InChI=1S/C27H25N3O6/c1-35-25-13-12-20(16-23(25)30(33)34)27(32)29(18-19-8-3-2-4-9-19)15-7-14-28-22-17-26(31)36-24-11-6-5-10-21(22)24/h2-6,8-13,16-17,28H,7,14-15,18H2,1H3. The number of hydrogen-bond donors (Lipinski definition) is 1. The lowest BCUT2D eigenvalue weighted by molar-refractivity contribution is -0.385. The van der Waals surface area contributed by atoms with E-state index in [-0.39, 0.29) is 22.9 Å². The third-order valence-electron chi connectivity index (χ3n) is 5.70. The largest absolute Gasteiger partial charge is 0.490 e. The van der Waals surface area contributed by atoms with Crippen molar-refractivity contribution in [1.29, 1.82) is 0 Å². The van der Waals surface area contributed by atoms with Crippen molar-refractivity contribution in [3.8, 4) is 5.75 Å². The average Bonchev–Trinajstić information content (AvgIpc) is 2.90. The Hall–Kier alpha value is -4.66. The van der Waals surface area contributed by atoms with Crippen LogP contribution in [0.2, 0.25) is 0 Å². The number of carbonyl (C=O) groups excluding carboxylic acids is 1. The molecule has 1 N–H and O–H groups in total. The third kappa shape index (κ3) is 5.69. The first-order valence-electron chi connectivity index (χ1n) is 11.4. The van der Waals surface area contributed by atoms with Gasteiger partial charge in [-0.1, -0.05) is 42.5 Å². The van der Waals surface area contributed by atoms with Gasteiger partial charge < -0.3 is 19.4 Å². The number of nitrogens with zero attached hydrogens (tertiary/aromatic N) is 2. The predicted molar refractivity (Wildman–Crippen MR) is 136 cm³/mol. The summed E-state index contributed by atoms with van der Waals surface area (Å²) in [6.07, 6.45) is 0.575. The quantitative estimate of drug-likeness (QED) is 0.147. The van der Waals surface area contributed by atoms with Crippen LogP contribution < -0.4 is 15.7 Å². The summed E-state index contributed by atoms with van der Waals surface area (Å²) in [6.45, 7) is 1.23. The Morgan fingerprint density at radius 2 is 1.81 bits per heavy atom. The van der Waals surface area contributed by atoms with Gasteiger partial charge in [-0.25, -0.2) is 4.79 Å². The van der Waals surface area contributed by atoms with E-state index in [1.165, 1.54) is 31.4 Å². The minimum atomic E-state index is -0.568. The van der Waals surface area contributed by atoms with Crippen LogP contribution in [0.25, 0.3) is 11.0 Å². The summed E-state index contributed by atoms with van der Waals surface area (Å²) in [5.41, 5.74) is 1.59. The van der Waals surface area contributed by atoms with E-state index in [1.807, 2.05) is 42.5 Å². The van der Waals surface area contributed by atoms with Gasteiger partial charge in [0.15, 0.2) is 5.75 Å². The lowest BCUT2D eigenvalue weighted by Gasteiger charge is -2.23. The lowest BCUT2D eigenvalue weighted by Crippen LogP contribution is -2.32. The van der Waals surface area contributed by atoms with Gasteiger partial charge in [0, 0.05) is 42.7 Å². The van der Waals surface area contributed by atoms with Crippen molar-refractivity contribution in [3.05, 3.63) is 111 Å². The van der Waals surface area contributed by atoms with Crippen LogP contribution in [0.4, 0.5) is 11.4 Å². The Labute approximate surface area is 207 Å². The summed E-state index contributed by atoms with van der Waals surface area (Å²) in [6, 6.07) is 22.4. The van der Waals surface area contributed by atoms with Crippen molar-refractivity contribution in [2.75, 3.05) is 25.5 Å². The Kier molecular flexibility index (Phi) is 7.60. The van der Waals surface area contributed by atoms with Crippen LogP contribution in [0.5, 0.6) is 5.75 Å². The van der Waals surface area contributed by atoms with Crippen LogP contribution in [0.1, 0.15) is 22.3 Å². The highest BCUT2D eigenvalue weighted by atomic mass is 16.6. The fourth-order valence-electron chi connectivity index (χ4n) is 3.96. The zero-order valence-electron chi connectivity index (χ0n) is 19.7. The molecule has 0 aliphatic rings. The summed E-state index contributed by atoms with van der Waals surface area (Å²) in [5, 5.41) is 15.5. The molecule has 9 nitrogen and oxygen atoms in total. The summed E-state index contributed by atoms with van der Waals surface area (Å²) in [4.78, 5) is 37.8. The maximum absolute atomic E-state index is 13.4. The number of fused-ring (bicyclic) bond motifs is 1. The second-order valence-corrected chi connectivity index (χ2v) is 8.11. The topological polar surface area (TPSA) is 115 Å². The molecule has 0 unspecified atom stereocenters. The first kappa shape index (κ1) is 24.5. The summed E-state index contributed by atoms with van der Waals surface area (Å²) in [7, 11) is 1.35. The SMILES string of the molecule is COc1ccc(C(=O)N(CCCNc2cc(=O)oc3ccccc23)Cc2ccccc2)cc1[N+](=O)[O-]. The molecule has 184 valence electrons. The van der Waals surface area contributed by atoms with Crippen molar-refractivity contribution < 1.29 is 18.9 Å². The van der Waals surface area contributed by atoms with Crippen LogP contribution in [-0.4, -0.2) is 35.9 Å². The molecule has 0 aliphatic carbocycles. The van der Waals surface area contributed by atoms with Crippen molar-refractivity contribution in [2.45, 2.75) is 13.0 Å². The van der Waals surface area contributed by atoms with Crippen LogP contribution in [0.3, 0.4) is 0 Å². The minimum absolute atomic E-state index is 0.0925. The van der Waals surface area contributed by atoms with Gasteiger partial charge in [-0.2, -0.15) is 0 Å². The minimum Gasteiger partial charge on any atom is -0.490 e. The number of anilines is 1. The Bertz CT molecular complexity index is 1430. The Balaban J connectivity index is 1.51. The first-order chi connectivity index (χ1) is 17.5. The summed E-state index contributed by atoms with van der Waals surface area (Å²) >= 11 is 0. The van der Waals surface area contributed by atoms with Gasteiger partial charge in [0.1, 0.15) is 5.58 Å². The van der Waals surface area contributed by atoms with E-state index in [9.17, 15) is 19.7 Å². The molecule has 0 saturated carbocycles. The van der Waals surface area contributed by atoms with Gasteiger partial charge in [-0.05, 0) is 36.2 Å². The third-order valence-corrected chi connectivity index (χ3v) is 5.70. The average molecular weight is 488 g/mol. The fourth-order valence-corrected chi connectivity index (χ4v) is 3.96. The zero-order valence-corrected chi connectivity index (χ0v) is 19.7. The van der Waals surface area contributed by atoms with Crippen molar-refractivity contribution in [3.63, 3.8) is 0 Å². The Morgan fingerprint density at radius 1 is 1.06 bits per heavy atom. The van der Waals surface area contributed by atoms with Crippen LogP contribution >= 0.6 is 0 Å². The number of nitro benzene ring substituents is 1. The first-order valence-corrected chi connectivity index (χ1v) is 11.4. The van der Waals surface area contributed by atoms with E-state index < -0.39 is 10.5 Å². The van der Waals surface area contributed by atoms with E-state index in [0.29, 0.717) is 37.3 Å². The number of amides is 1. The number of hydrogen-bond acceptors (Lipinski definition) is 7. The number of nitro groups is 1. The molecule has 0 bridgehead atoms. The van der Waals surface area contributed by atoms with Crippen molar-refractivity contribution in [2.24, 2.45) is 0 Å². The van der Waals surface area contributed by atoms with E-state index in [1.54, 1.807) is 17.0 Å². The molecule has 0 spiro atoms. The normalized spacial score (nSPS) is 10.7. The molecular formula is C27H25N3O6. The Morgan fingerprint density at radius 3 is 2.56 bits per heavy atom. The molecule has 0 aliphatic heterocycles. The van der Waals surface area contributed by atoms with Gasteiger partial charge in [0.25, 0.3) is 5.91 Å². The maximum atomic E-state index is 13.4. The lowest BCUT2D eigenvalue weighted by atomic mass is 10.1. The molecule has 1 aromatic heterocycles. The highest BCUT2D eigenvalue weighted by Gasteiger charge is 2.22. The van der Waals surface area contributed by atoms with E-state index in [4.69, 9.17) is 9.15 Å².